The van der Waals surface area contributed by atoms with Crippen LogP contribution in [0, 0.1) is 5.82 Å². The normalized spacial score (nSPS) is 10.7. The largest absolute Gasteiger partial charge is 0.504 e. The van der Waals surface area contributed by atoms with Crippen LogP contribution < -0.4 is 5.63 Å². The summed E-state index contributed by atoms with van der Waals surface area (Å²) in [5.74, 6) is -2.03. The molecule has 1 aromatic heterocycles. The van der Waals surface area contributed by atoms with E-state index in [9.17, 15) is 19.1 Å². The topological polar surface area (TPSA) is 67.5 Å². The lowest BCUT2D eigenvalue weighted by molar-refractivity contribution is 0.100. The van der Waals surface area contributed by atoms with Gasteiger partial charge in [-0.3, -0.25) is 4.79 Å². The van der Waals surface area contributed by atoms with E-state index in [4.69, 9.17) is 4.42 Å². The highest BCUT2D eigenvalue weighted by atomic mass is 19.1. The zero-order valence-electron chi connectivity index (χ0n) is 10.7. The Labute approximate surface area is 118 Å². The van der Waals surface area contributed by atoms with E-state index in [2.05, 4.69) is 0 Å². The van der Waals surface area contributed by atoms with Crippen LogP contribution in [0.2, 0.25) is 0 Å². The number of aromatic hydroxyl groups is 1. The van der Waals surface area contributed by atoms with Crippen molar-refractivity contribution in [2.24, 2.45) is 0 Å². The number of halogens is 1. The summed E-state index contributed by atoms with van der Waals surface area (Å²) in [6, 6.07) is 11.0. The Balaban J connectivity index is 2.21. The van der Waals surface area contributed by atoms with Crippen molar-refractivity contribution in [2.45, 2.75) is 0 Å². The Morgan fingerprint density at radius 1 is 1.00 bits per heavy atom. The van der Waals surface area contributed by atoms with Crippen molar-refractivity contribution < 1.29 is 18.7 Å². The first-order valence-electron chi connectivity index (χ1n) is 6.13. The third-order valence-electron chi connectivity index (χ3n) is 3.12. The van der Waals surface area contributed by atoms with Gasteiger partial charge in [-0.25, -0.2) is 9.18 Å². The Morgan fingerprint density at radius 3 is 2.29 bits per heavy atom. The van der Waals surface area contributed by atoms with Crippen LogP contribution in [0.15, 0.2) is 57.7 Å². The lowest BCUT2D eigenvalue weighted by Crippen LogP contribution is -2.09. The highest BCUT2D eigenvalue weighted by molar-refractivity contribution is 6.11. The lowest BCUT2D eigenvalue weighted by atomic mass is 10.1. The van der Waals surface area contributed by atoms with Crippen LogP contribution in [0.3, 0.4) is 0 Å². The zero-order valence-corrected chi connectivity index (χ0v) is 10.7. The molecule has 0 radical (unpaired) electrons. The van der Waals surface area contributed by atoms with Gasteiger partial charge in [0.05, 0.1) is 5.39 Å². The van der Waals surface area contributed by atoms with Crippen LogP contribution in [-0.2, 0) is 0 Å². The van der Waals surface area contributed by atoms with Gasteiger partial charge in [0.2, 0.25) is 11.5 Å². The summed E-state index contributed by atoms with van der Waals surface area (Å²) < 4.78 is 17.8. The first-order chi connectivity index (χ1) is 10.1. The number of carbonyl (C=O) groups is 1. The molecule has 0 saturated heterocycles. The van der Waals surface area contributed by atoms with Crippen LogP contribution in [0.1, 0.15) is 16.1 Å². The van der Waals surface area contributed by atoms with Gasteiger partial charge in [0.1, 0.15) is 5.82 Å². The van der Waals surface area contributed by atoms with Gasteiger partial charge in [-0.1, -0.05) is 18.2 Å². The molecular formula is C16H9FO4. The van der Waals surface area contributed by atoms with Gasteiger partial charge in [-0.15, -0.1) is 0 Å². The molecule has 0 bridgehead atoms. The van der Waals surface area contributed by atoms with Crippen molar-refractivity contribution in [2.75, 3.05) is 0 Å². The number of ketones is 1. The second-order valence-electron chi connectivity index (χ2n) is 4.45. The van der Waals surface area contributed by atoms with Crippen molar-refractivity contribution in [3.05, 3.63) is 76.1 Å². The number of hydrogen-bond donors (Lipinski definition) is 1. The average Bonchev–Trinajstić information content (AvgIpc) is 2.51. The minimum Gasteiger partial charge on any atom is -0.504 e. The molecule has 0 aliphatic carbocycles. The van der Waals surface area contributed by atoms with Crippen LogP contribution in [0.5, 0.6) is 5.75 Å². The minimum absolute atomic E-state index is 0.116. The predicted molar refractivity (Wildman–Crippen MR) is 74.0 cm³/mol. The third kappa shape index (κ3) is 2.18. The fourth-order valence-electron chi connectivity index (χ4n) is 2.07. The van der Waals surface area contributed by atoms with E-state index in [-0.39, 0.29) is 16.3 Å². The molecular weight excluding hydrogens is 275 g/mol. The molecule has 0 aliphatic heterocycles. The molecule has 0 atom stereocenters. The first-order valence-corrected chi connectivity index (χ1v) is 6.13. The number of hydrogen-bond acceptors (Lipinski definition) is 4. The molecule has 0 fully saturated rings. The molecule has 4 nitrogen and oxygen atoms in total. The van der Waals surface area contributed by atoms with Gasteiger partial charge < -0.3 is 9.52 Å². The Hall–Kier alpha value is -2.95. The van der Waals surface area contributed by atoms with Gasteiger partial charge >= 0.3 is 5.63 Å². The van der Waals surface area contributed by atoms with E-state index < -0.39 is 28.7 Å². The Kier molecular flexibility index (Phi) is 3.02. The summed E-state index contributed by atoms with van der Waals surface area (Å²) in [4.78, 5) is 24.1. The standard InChI is InChI=1S/C16H9FO4/c17-10-7-5-9(6-8-10)13(18)15-14(19)11-3-1-2-4-12(11)16(20)21-15/h1-8,19H. The van der Waals surface area contributed by atoms with Crippen molar-refractivity contribution in [3.63, 3.8) is 0 Å². The molecule has 21 heavy (non-hydrogen) atoms. The summed E-state index contributed by atoms with van der Waals surface area (Å²) in [5.41, 5.74) is -0.598. The van der Waals surface area contributed by atoms with Crippen LogP contribution in [-0.4, -0.2) is 10.9 Å². The Morgan fingerprint density at radius 2 is 1.62 bits per heavy atom. The zero-order chi connectivity index (χ0) is 15.0. The van der Waals surface area contributed by atoms with Gasteiger partial charge in [0, 0.05) is 10.9 Å². The van der Waals surface area contributed by atoms with Gasteiger partial charge in [0.15, 0.2) is 5.75 Å². The SMILES string of the molecule is O=C(c1ccc(F)cc1)c1oc(=O)c2ccccc2c1O. The van der Waals surface area contributed by atoms with E-state index in [1.165, 1.54) is 24.3 Å². The van der Waals surface area contributed by atoms with Crippen molar-refractivity contribution in [1.29, 1.82) is 0 Å². The van der Waals surface area contributed by atoms with Crippen LogP contribution >= 0.6 is 0 Å². The predicted octanol–water partition coefficient (Wildman–Crippen LogP) is 2.87. The first kappa shape index (κ1) is 13.1. The van der Waals surface area contributed by atoms with Crippen LogP contribution in [0.25, 0.3) is 10.8 Å². The molecule has 0 saturated carbocycles. The maximum Gasteiger partial charge on any atom is 0.344 e. The second kappa shape index (κ2) is 4.86. The maximum atomic E-state index is 12.9. The molecule has 3 rings (SSSR count). The third-order valence-corrected chi connectivity index (χ3v) is 3.12. The monoisotopic (exact) mass is 284 g/mol. The fraction of sp³-hybridized carbons (Fsp3) is 0. The number of fused-ring (bicyclic) bond motifs is 1. The maximum absolute atomic E-state index is 12.9. The number of rotatable bonds is 2. The summed E-state index contributed by atoms with van der Waals surface area (Å²) in [7, 11) is 0. The summed E-state index contributed by atoms with van der Waals surface area (Å²) in [6.07, 6.45) is 0. The van der Waals surface area contributed by atoms with Crippen molar-refractivity contribution in [1.82, 2.24) is 0 Å². The molecule has 2 aromatic carbocycles. The molecule has 3 aromatic rings. The average molecular weight is 284 g/mol. The fourth-order valence-corrected chi connectivity index (χ4v) is 2.07. The molecule has 104 valence electrons. The van der Waals surface area contributed by atoms with Crippen LogP contribution in [0.4, 0.5) is 4.39 Å². The van der Waals surface area contributed by atoms with Gasteiger partial charge in [-0.05, 0) is 30.3 Å². The molecule has 0 spiro atoms. The highest BCUT2D eigenvalue weighted by Gasteiger charge is 2.20. The second-order valence-corrected chi connectivity index (χ2v) is 4.45. The Bertz CT molecular complexity index is 894. The van der Waals surface area contributed by atoms with E-state index in [0.29, 0.717) is 0 Å². The molecule has 1 N–H and O–H groups in total. The van der Waals surface area contributed by atoms with Gasteiger partial charge in [0.25, 0.3) is 0 Å². The van der Waals surface area contributed by atoms with E-state index in [1.807, 2.05) is 0 Å². The number of carbonyl (C=O) groups excluding carboxylic acids is 1. The highest BCUT2D eigenvalue weighted by Crippen LogP contribution is 2.27. The van der Waals surface area contributed by atoms with E-state index in [1.54, 1.807) is 12.1 Å². The molecule has 0 unspecified atom stereocenters. The lowest BCUT2D eigenvalue weighted by Gasteiger charge is -2.05. The smallest absolute Gasteiger partial charge is 0.344 e. The van der Waals surface area contributed by atoms with E-state index >= 15 is 0 Å². The molecule has 0 amide bonds. The van der Waals surface area contributed by atoms with Gasteiger partial charge in [-0.2, -0.15) is 0 Å². The number of benzene rings is 2. The molecule has 1 heterocycles. The van der Waals surface area contributed by atoms with Crippen molar-refractivity contribution >= 4 is 16.6 Å². The minimum atomic E-state index is -0.714. The quantitative estimate of drug-likeness (QED) is 0.735. The van der Waals surface area contributed by atoms with E-state index in [0.717, 1.165) is 12.1 Å². The molecule has 5 heteroatoms. The van der Waals surface area contributed by atoms with Crippen molar-refractivity contribution in [3.8, 4) is 5.75 Å². The summed E-state index contributed by atoms with van der Waals surface area (Å²) in [6.45, 7) is 0. The summed E-state index contributed by atoms with van der Waals surface area (Å²) in [5, 5.41) is 10.6. The molecule has 0 aliphatic rings. The summed E-state index contributed by atoms with van der Waals surface area (Å²) >= 11 is 0.